The van der Waals surface area contributed by atoms with Crippen molar-refractivity contribution in [1.82, 2.24) is 4.90 Å². The average molecular weight is 398 g/mol. The van der Waals surface area contributed by atoms with Crippen LogP contribution in [-0.2, 0) is 11.2 Å². The van der Waals surface area contributed by atoms with Gasteiger partial charge in [-0.05, 0) is 29.8 Å². The molecule has 2 aromatic rings. The normalized spacial score (nSPS) is 13.4. The highest BCUT2D eigenvalue weighted by molar-refractivity contribution is 5.85. The van der Waals surface area contributed by atoms with E-state index in [1.54, 1.807) is 7.11 Å². The Bertz CT molecular complexity index is 702. The number of nitrogens with two attached hydrogens (primary N) is 1. The highest BCUT2D eigenvalue weighted by Crippen LogP contribution is 2.28. The van der Waals surface area contributed by atoms with E-state index in [4.69, 9.17) is 10.5 Å². The first-order valence-corrected chi connectivity index (χ1v) is 8.17. The molecule has 0 unspecified atom stereocenters. The standard InChI is InChI=1S/C19H23N3O2.2ClH/c1-24-18-5-3-2-4-17(18)21-10-12-22(13-11-21)19(23)14-15-6-8-16(20)9-7-15;;/h2-9H,10-14,20H2,1H3;2*1H. The van der Waals surface area contributed by atoms with Gasteiger partial charge in [0.1, 0.15) is 5.75 Å². The number of amides is 1. The van der Waals surface area contributed by atoms with E-state index < -0.39 is 0 Å². The predicted octanol–water partition coefficient (Wildman–Crippen LogP) is 3.01. The molecule has 0 bridgehead atoms. The van der Waals surface area contributed by atoms with E-state index >= 15 is 0 Å². The number of halogens is 2. The molecule has 0 radical (unpaired) electrons. The largest absolute Gasteiger partial charge is 0.495 e. The number of ether oxygens (including phenoxy) is 1. The molecule has 1 fully saturated rings. The maximum Gasteiger partial charge on any atom is 0.227 e. The molecule has 0 atom stereocenters. The summed E-state index contributed by atoms with van der Waals surface area (Å²) < 4.78 is 5.43. The number of hydrogen-bond donors (Lipinski definition) is 1. The number of nitrogen functional groups attached to an aromatic ring is 1. The summed E-state index contributed by atoms with van der Waals surface area (Å²) in [6.07, 6.45) is 0.426. The number of rotatable bonds is 4. The van der Waals surface area contributed by atoms with Crippen LogP contribution in [0.4, 0.5) is 11.4 Å². The fourth-order valence-electron chi connectivity index (χ4n) is 3.01. The van der Waals surface area contributed by atoms with E-state index in [2.05, 4.69) is 11.0 Å². The molecule has 26 heavy (non-hydrogen) atoms. The van der Waals surface area contributed by atoms with E-state index in [1.807, 2.05) is 47.4 Å². The summed E-state index contributed by atoms with van der Waals surface area (Å²) in [6, 6.07) is 15.5. The summed E-state index contributed by atoms with van der Waals surface area (Å²) in [6.45, 7) is 3.08. The number of anilines is 2. The van der Waals surface area contributed by atoms with Crippen LogP contribution in [0.1, 0.15) is 5.56 Å². The van der Waals surface area contributed by atoms with Crippen molar-refractivity contribution in [3.8, 4) is 5.75 Å². The summed E-state index contributed by atoms with van der Waals surface area (Å²) in [5, 5.41) is 0. The molecule has 1 saturated heterocycles. The minimum absolute atomic E-state index is 0. The first-order chi connectivity index (χ1) is 11.7. The quantitative estimate of drug-likeness (QED) is 0.805. The van der Waals surface area contributed by atoms with Gasteiger partial charge in [0.15, 0.2) is 0 Å². The molecule has 3 rings (SSSR count). The SMILES string of the molecule is COc1ccccc1N1CCN(C(=O)Cc2ccc(N)cc2)CC1.Cl.Cl. The Morgan fingerprint density at radius 3 is 2.23 bits per heavy atom. The highest BCUT2D eigenvalue weighted by Gasteiger charge is 2.22. The van der Waals surface area contributed by atoms with Crippen LogP contribution in [0.5, 0.6) is 5.75 Å². The first-order valence-electron chi connectivity index (χ1n) is 8.17. The Balaban J connectivity index is 0.00000169. The molecule has 1 amide bonds. The van der Waals surface area contributed by atoms with Crippen molar-refractivity contribution < 1.29 is 9.53 Å². The second-order valence-electron chi connectivity index (χ2n) is 5.96. The minimum atomic E-state index is 0. The average Bonchev–Trinajstić information content (AvgIpc) is 2.63. The van der Waals surface area contributed by atoms with Crippen molar-refractivity contribution in [3.63, 3.8) is 0 Å². The number of carbonyl (C=O) groups excluding carboxylic acids is 1. The zero-order chi connectivity index (χ0) is 16.9. The van der Waals surface area contributed by atoms with Gasteiger partial charge < -0.3 is 20.3 Å². The van der Waals surface area contributed by atoms with Crippen LogP contribution in [-0.4, -0.2) is 44.1 Å². The molecule has 0 spiro atoms. The number of methoxy groups -OCH3 is 1. The molecular formula is C19H25Cl2N3O2. The molecule has 2 aromatic carbocycles. The zero-order valence-corrected chi connectivity index (χ0v) is 16.4. The van der Waals surface area contributed by atoms with Crippen molar-refractivity contribution in [2.24, 2.45) is 0 Å². The maximum atomic E-state index is 12.5. The lowest BCUT2D eigenvalue weighted by atomic mass is 10.1. The summed E-state index contributed by atoms with van der Waals surface area (Å²) in [5.41, 5.74) is 8.49. The third-order valence-corrected chi connectivity index (χ3v) is 4.39. The van der Waals surface area contributed by atoms with Gasteiger partial charge in [-0.2, -0.15) is 0 Å². The van der Waals surface area contributed by atoms with Gasteiger partial charge in [0.05, 0.1) is 19.2 Å². The monoisotopic (exact) mass is 397 g/mol. The minimum Gasteiger partial charge on any atom is -0.495 e. The van der Waals surface area contributed by atoms with Crippen molar-refractivity contribution >= 4 is 42.1 Å². The number of carbonyl (C=O) groups is 1. The zero-order valence-electron chi connectivity index (χ0n) is 14.8. The maximum absolute atomic E-state index is 12.5. The molecule has 0 saturated carbocycles. The molecular weight excluding hydrogens is 373 g/mol. The summed E-state index contributed by atoms with van der Waals surface area (Å²) in [5.74, 6) is 1.04. The fraction of sp³-hybridized carbons (Fsp3) is 0.316. The Morgan fingerprint density at radius 2 is 1.62 bits per heavy atom. The number of hydrogen-bond acceptors (Lipinski definition) is 4. The second kappa shape index (κ2) is 10.1. The third kappa shape index (κ3) is 5.19. The van der Waals surface area contributed by atoms with Crippen molar-refractivity contribution in [3.05, 3.63) is 54.1 Å². The van der Waals surface area contributed by atoms with Crippen LogP contribution in [0.15, 0.2) is 48.5 Å². The van der Waals surface area contributed by atoms with Crippen molar-refractivity contribution in [2.75, 3.05) is 43.9 Å². The summed E-state index contributed by atoms with van der Waals surface area (Å²) in [4.78, 5) is 16.7. The van der Waals surface area contributed by atoms with Gasteiger partial charge in [0.2, 0.25) is 5.91 Å². The van der Waals surface area contributed by atoms with E-state index in [0.29, 0.717) is 6.42 Å². The third-order valence-electron chi connectivity index (χ3n) is 4.39. The molecule has 1 heterocycles. The molecule has 0 aliphatic carbocycles. The Hall–Kier alpha value is -2.11. The topological polar surface area (TPSA) is 58.8 Å². The molecule has 2 N–H and O–H groups in total. The summed E-state index contributed by atoms with van der Waals surface area (Å²) >= 11 is 0. The fourth-order valence-corrected chi connectivity index (χ4v) is 3.01. The Morgan fingerprint density at radius 1 is 1.00 bits per heavy atom. The lowest BCUT2D eigenvalue weighted by Gasteiger charge is -2.36. The van der Waals surface area contributed by atoms with Gasteiger partial charge in [-0.15, -0.1) is 24.8 Å². The number of piperazine rings is 1. The van der Waals surface area contributed by atoms with E-state index in [-0.39, 0.29) is 30.7 Å². The van der Waals surface area contributed by atoms with Crippen LogP contribution in [0.3, 0.4) is 0 Å². The van der Waals surface area contributed by atoms with E-state index in [0.717, 1.165) is 48.9 Å². The van der Waals surface area contributed by atoms with Gasteiger partial charge in [0.25, 0.3) is 0 Å². The Kier molecular flexibility index (Phi) is 8.55. The molecule has 1 aliphatic heterocycles. The van der Waals surface area contributed by atoms with Gasteiger partial charge in [0, 0.05) is 31.9 Å². The lowest BCUT2D eigenvalue weighted by molar-refractivity contribution is -0.130. The van der Waals surface area contributed by atoms with Gasteiger partial charge in [-0.25, -0.2) is 0 Å². The molecule has 142 valence electrons. The molecule has 7 heteroatoms. The Labute approximate surface area is 166 Å². The van der Waals surface area contributed by atoms with E-state index in [1.165, 1.54) is 0 Å². The van der Waals surface area contributed by atoms with Gasteiger partial charge >= 0.3 is 0 Å². The number of para-hydroxylation sites is 2. The second-order valence-corrected chi connectivity index (χ2v) is 5.96. The van der Waals surface area contributed by atoms with Crippen LogP contribution in [0.2, 0.25) is 0 Å². The van der Waals surface area contributed by atoms with Crippen LogP contribution >= 0.6 is 24.8 Å². The van der Waals surface area contributed by atoms with Crippen molar-refractivity contribution in [1.29, 1.82) is 0 Å². The number of benzene rings is 2. The first kappa shape index (κ1) is 21.9. The smallest absolute Gasteiger partial charge is 0.227 e. The highest BCUT2D eigenvalue weighted by atomic mass is 35.5. The number of nitrogens with zero attached hydrogens (tertiary/aromatic N) is 2. The van der Waals surface area contributed by atoms with Crippen LogP contribution in [0, 0.1) is 0 Å². The summed E-state index contributed by atoms with van der Waals surface area (Å²) in [7, 11) is 1.69. The molecule has 5 nitrogen and oxygen atoms in total. The molecule has 1 aliphatic rings. The van der Waals surface area contributed by atoms with Gasteiger partial charge in [-0.3, -0.25) is 4.79 Å². The molecule has 0 aromatic heterocycles. The van der Waals surface area contributed by atoms with Crippen molar-refractivity contribution in [2.45, 2.75) is 6.42 Å². The van der Waals surface area contributed by atoms with Crippen LogP contribution in [0.25, 0.3) is 0 Å². The van der Waals surface area contributed by atoms with E-state index in [9.17, 15) is 4.79 Å². The van der Waals surface area contributed by atoms with Gasteiger partial charge in [-0.1, -0.05) is 24.3 Å². The lowest BCUT2D eigenvalue weighted by Crippen LogP contribution is -2.49. The van der Waals surface area contributed by atoms with Crippen LogP contribution < -0.4 is 15.4 Å². The predicted molar refractivity (Wildman–Crippen MR) is 111 cm³/mol.